The molecule has 0 spiro atoms. The van der Waals surface area contributed by atoms with Gasteiger partial charge in [-0.05, 0) is 49.7 Å². The highest BCUT2D eigenvalue weighted by atomic mass is 19.4. The van der Waals surface area contributed by atoms with E-state index in [0.717, 1.165) is 12.8 Å². The fourth-order valence-electron chi connectivity index (χ4n) is 3.63. The van der Waals surface area contributed by atoms with Gasteiger partial charge in [0.25, 0.3) is 0 Å². The van der Waals surface area contributed by atoms with Gasteiger partial charge in [0.1, 0.15) is 0 Å². The minimum atomic E-state index is -4.23. The molecule has 19 heavy (non-hydrogen) atoms. The number of fused-ring (bicyclic) bond motifs is 2. The van der Waals surface area contributed by atoms with Crippen LogP contribution in [0.3, 0.4) is 0 Å². The van der Waals surface area contributed by atoms with E-state index in [4.69, 9.17) is 0 Å². The zero-order valence-electron chi connectivity index (χ0n) is 10.7. The van der Waals surface area contributed by atoms with E-state index in [0.29, 0.717) is 30.0 Å². The van der Waals surface area contributed by atoms with Gasteiger partial charge in [0.15, 0.2) is 0 Å². The quantitative estimate of drug-likeness (QED) is 0.861. The van der Waals surface area contributed by atoms with E-state index in [1.165, 1.54) is 25.0 Å². The Hall–Kier alpha value is -1.03. The van der Waals surface area contributed by atoms with Crippen LogP contribution in [0.2, 0.25) is 0 Å². The van der Waals surface area contributed by atoms with Crippen molar-refractivity contribution in [3.63, 3.8) is 0 Å². The second kappa shape index (κ2) is 4.82. The molecule has 2 fully saturated rings. The van der Waals surface area contributed by atoms with Gasteiger partial charge in [0, 0.05) is 12.1 Å². The van der Waals surface area contributed by atoms with Crippen molar-refractivity contribution in [3.05, 3.63) is 35.4 Å². The van der Waals surface area contributed by atoms with Gasteiger partial charge in [0.2, 0.25) is 0 Å². The Bertz CT molecular complexity index is 443. The van der Waals surface area contributed by atoms with Crippen LogP contribution in [0.15, 0.2) is 24.3 Å². The summed E-state index contributed by atoms with van der Waals surface area (Å²) in [7, 11) is 0. The van der Waals surface area contributed by atoms with Gasteiger partial charge in [-0.15, -0.1) is 0 Å². The first-order chi connectivity index (χ1) is 9.02. The number of halogens is 3. The van der Waals surface area contributed by atoms with Gasteiger partial charge in [-0.2, -0.15) is 13.2 Å². The molecule has 2 atom stereocenters. The number of hydrogen-bond acceptors (Lipinski definition) is 1. The maximum Gasteiger partial charge on any atom is 0.416 e. The molecule has 0 amide bonds. The fraction of sp³-hybridized carbons (Fsp3) is 0.600. The number of piperidine rings is 1. The Balaban J connectivity index is 1.76. The molecule has 0 aliphatic carbocycles. The molecule has 2 bridgehead atoms. The summed E-state index contributed by atoms with van der Waals surface area (Å²) in [6, 6.07) is 7.07. The van der Waals surface area contributed by atoms with Crippen molar-refractivity contribution in [1.29, 1.82) is 0 Å². The maximum absolute atomic E-state index is 13.0. The lowest BCUT2D eigenvalue weighted by atomic mass is 9.85. The van der Waals surface area contributed by atoms with Crippen LogP contribution >= 0.6 is 0 Å². The molecule has 0 aromatic heterocycles. The first-order valence-electron chi connectivity index (χ1n) is 6.93. The van der Waals surface area contributed by atoms with Crippen molar-refractivity contribution in [2.75, 3.05) is 0 Å². The third-order valence-corrected chi connectivity index (χ3v) is 4.40. The Morgan fingerprint density at radius 2 is 1.68 bits per heavy atom. The minimum Gasteiger partial charge on any atom is -0.311 e. The first kappa shape index (κ1) is 13.0. The topological polar surface area (TPSA) is 12.0 Å². The van der Waals surface area contributed by atoms with Crippen molar-refractivity contribution >= 4 is 0 Å². The van der Waals surface area contributed by atoms with Gasteiger partial charge in [-0.25, -0.2) is 0 Å². The lowest BCUT2D eigenvalue weighted by molar-refractivity contribution is -0.138. The Morgan fingerprint density at radius 1 is 1.05 bits per heavy atom. The van der Waals surface area contributed by atoms with Crippen molar-refractivity contribution in [3.8, 4) is 0 Å². The van der Waals surface area contributed by atoms with Crippen LogP contribution in [0, 0.1) is 5.92 Å². The Morgan fingerprint density at radius 3 is 2.32 bits per heavy atom. The molecular formula is C15H18F3N. The number of hydrogen-bond donors (Lipinski definition) is 1. The fourth-order valence-corrected chi connectivity index (χ4v) is 3.63. The van der Waals surface area contributed by atoms with Crippen LogP contribution in [0.5, 0.6) is 0 Å². The van der Waals surface area contributed by atoms with Crippen LogP contribution in [-0.2, 0) is 12.6 Å². The molecule has 1 nitrogen and oxygen atoms in total. The van der Waals surface area contributed by atoms with Crippen molar-refractivity contribution < 1.29 is 13.2 Å². The van der Waals surface area contributed by atoms with E-state index in [9.17, 15) is 13.2 Å². The summed E-state index contributed by atoms with van der Waals surface area (Å²) in [5, 5.41) is 3.53. The molecule has 1 aromatic carbocycles. The van der Waals surface area contributed by atoms with Gasteiger partial charge in [-0.1, -0.05) is 18.2 Å². The summed E-state index contributed by atoms with van der Waals surface area (Å²) in [6.07, 6.45) is 0.725. The normalized spacial score (nSPS) is 30.6. The molecule has 2 aliphatic heterocycles. The highest BCUT2D eigenvalue weighted by Crippen LogP contribution is 2.37. The van der Waals surface area contributed by atoms with E-state index in [-0.39, 0.29) is 0 Å². The number of rotatable bonds is 2. The zero-order chi connectivity index (χ0) is 13.5. The molecule has 104 valence electrons. The molecule has 2 saturated heterocycles. The van der Waals surface area contributed by atoms with Crippen molar-refractivity contribution in [1.82, 2.24) is 5.32 Å². The van der Waals surface area contributed by atoms with E-state index in [1.807, 2.05) is 0 Å². The summed E-state index contributed by atoms with van der Waals surface area (Å²) in [4.78, 5) is 0. The smallest absolute Gasteiger partial charge is 0.311 e. The first-order valence-corrected chi connectivity index (χ1v) is 6.93. The Kier molecular flexibility index (Phi) is 3.29. The number of nitrogens with one attached hydrogen (secondary N) is 1. The van der Waals surface area contributed by atoms with Gasteiger partial charge >= 0.3 is 6.18 Å². The minimum absolute atomic E-state index is 0.391. The molecule has 2 heterocycles. The molecule has 1 N–H and O–H groups in total. The largest absolute Gasteiger partial charge is 0.416 e. The second-order valence-electron chi connectivity index (χ2n) is 5.83. The molecule has 0 radical (unpaired) electrons. The van der Waals surface area contributed by atoms with Crippen LogP contribution in [0.1, 0.15) is 36.8 Å². The number of alkyl halides is 3. The maximum atomic E-state index is 13.0. The van der Waals surface area contributed by atoms with Gasteiger partial charge in [-0.3, -0.25) is 0 Å². The van der Waals surface area contributed by atoms with Gasteiger partial charge in [0.05, 0.1) is 5.56 Å². The van der Waals surface area contributed by atoms with Crippen molar-refractivity contribution in [2.24, 2.45) is 5.92 Å². The molecule has 2 unspecified atom stereocenters. The highest BCUT2D eigenvalue weighted by molar-refractivity contribution is 5.30. The number of benzene rings is 1. The van der Waals surface area contributed by atoms with E-state index < -0.39 is 11.7 Å². The SMILES string of the molecule is FC(F)(F)c1ccccc1CC1CC2CCC(C1)N2. The lowest BCUT2D eigenvalue weighted by Crippen LogP contribution is -2.38. The molecule has 0 saturated carbocycles. The third-order valence-electron chi connectivity index (χ3n) is 4.40. The summed E-state index contributed by atoms with van der Waals surface area (Å²) >= 11 is 0. The van der Waals surface area contributed by atoms with E-state index in [1.54, 1.807) is 12.1 Å². The second-order valence-corrected chi connectivity index (χ2v) is 5.83. The monoisotopic (exact) mass is 269 g/mol. The standard InChI is InChI=1S/C15H18F3N/c16-15(17,18)14-4-2-1-3-11(14)7-10-8-12-5-6-13(9-10)19-12/h1-4,10,12-13,19H,5-9H2. The predicted octanol–water partition coefficient (Wildman–Crippen LogP) is 3.78. The van der Waals surface area contributed by atoms with Crippen molar-refractivity contribution in [2.45, 2.75) is 50.4 Å². The molecule has 4 heteroatoms. The molecule has 2 aliphatic rings. The average Bonchev–Trinajstić information content (AvgIpc) is 2.68. The highest BCUT2D eigenvalue weighted by Gasteiger charge is 2.36. The lowest BCUT2D eigenvalue weighted by Gasteiger charge is -2.29. The van der Waals surface area contributed by atoms with E-state index in [2.05, 4.69) is 5.32 Å². The van der Waals surface area contributed by atoms with E-state index >= 15 is 0 Å². The molecule has 3 rings (SSSR count). The Labute approximate surface area is 111 Å². The summed E-state index contributed by atoms with van der Waals surface area (Å²) in [5.41, 5.74) is 0.00202. The van der Waals surface area contributed by atoms with Crippen LogP contribution in [0.4, 0.5) is 13.2 Å². The zero-order valence-corrected chi connectivity index (χ0v) is 10.7. The summed E-state index contributed by atoms with van der Waals surface area (Å²) in [6.45, 7) is 0. The van der Waals surface area contributed by atoms with Crippen LogP contribution in [0.25, 0.3) is 0 Å². The van der Waals surface area contributed by atoms with Crippen LogP contribution in [-0.4, -0.2) is 12.1 Å². The third kappa shape index (κ3) is 2.78. The van der Waals surface area contributed by atoms with Gasteiger partial charge < -0.3 is 5.32 Å². The molecule has 1 aromatic rings. The average molecular weight is 269 g/mol. The summed E-state index contributed by atoms with van der Waals surface area (Å²) in [5.74, 6) is 0.391. The molecular weight excluding hydrogens is 251 g/mol. The summed E-state index contributed by atoms with van der Waals surface area (Å²) < 4.78 is 38.9. The van der Waals surface area contributed by atoms with Crippen LogP contribution < -0.4 is 5.32 Å². The predicted molar refractivity (Wildman–Crippen MR) is 67.8 cm³/mol.